The summed E-state index contributed by atoms with van der Waals surface area (Å²) in [7, 11) is 0. The molecule has 0 aromatic carbocycles. The fourth-order valence-electron chi connectivity index (χ4n) is 2.25. The standard InChI is InChI=1S/C15H23N3S/c1-3-16-11-13-12-18(9-6-10-19-4-2)15-14(13)7-5-8-17-15/h5,7-8,12,16H,3-4,6,9-11H2,1-2H3. The molecule has 0 atom stereocenters. The van der Waals surface area contributed by atoms with Crippen molar-refractivity contribution in [2.24, 2.45) is 0 Å². The van der Waals surface area contributed by atoms with Gasteiger partial charge in [-0.05, 0) is 42.2 Å². The van der Waals surface area contributed by atoms with E-state index in [2.05, 4.69) is 41.0 Å². The van der Waals surface area contributed by atoms with E-state index in [1.807, 2.05) is 24.0 Å². The van der Waals surface area contributed by atoms with E-state index in [0.717, 1.165) is 25.3 Å². The van der Waals surface area contributed by atoms with E-state index in [1.165, 1.54) is 28.9 Å². The molecule has 1 N–H and O–H groups in total. The minimum absolute atomic E-state index is 0.926. The van der Waals surface area contributed by atoms with Gasteiger partial charge >= 0.3 is 0 Å². The lowest BCUT2D eigenvalue weighted by molar-refractivity contribution is 0.689. The van der Waals surface area contributed by atoms with Crippen molar-refractivity contribution in [2.75, 3.05) is 18.1 Å². The molecule has 0 aliphatic carbocycles. The van der Waals surface area contributed by atoms with Crippen LogP contribution in [0.4, 0.5) is 0 Å². The van der Waals surface area contributed by atoms with Crippen molar-refractivity contribution in [3.63, 3.8) is 0 Å². The normalized spacial score (nSPS) is 11.3. The maximum Gasteiger partial charge on any atom is 0.140 e. The van der Waals surface area contributed by atoms with E-state index in [1.54, 1.807) is 0 Å². The van der Waals surface area contributed by atoms with Gasteiger partial charge in [-0.25, -0.2) is 4.98 Å². The highest BCUT2D eigenvalue weighted by Gasteiger charge is 2.08. The third-order valence-corrected chi connectivity index (χ3v) is 4.16. The predicted molar refractivity (Wildman–Crippen MR) is 84.7 cm³/mol. The van der Waals surface area contributed by atoms with E-state index < -0.39 is 0 Å². The fourth-order valence-corrected chi connectivity index (χ4v) is 2.87. The Kier molecular flexibility index (Phi) is 5.73. The van der Waals surface area contributed by atoms with Gasteiger partial charge in [0.1, 0.15) is 5.65 Å². The van der Waals surface area contributed by atoms with Gasteiger partial charge in [0, 0.05) is 30.9 Å². The lowest BCUT2D eigenvalue weighted by atomic mass is 10.2. The zero-order valence-electron chi connectivity index (χ0n) is 11.9. The summed E-state index contributed by atoms with van der Waals surface area (Å²) < 4.78 is 2.30. The van der Waals surface area contributed by atoms with Gasteiger partial charge in [-0.3, -0.25) is 0 Å². The minimum atomic E-state index is 0.926. The number of aryl methyl sites for hydroxylation is 1. The molecule has 2 aromatic rings. The molecular weight excluding hydrogens is 254 g/mol. The van der Waals surface area contributed by atoms with Crippen molar-refractivity contribution in [1.29, 1.82) is 0 Å². The van der Waals surface area contributed by atoms with Crippen LogP contribution < -0.4 is 5.32 Å². The number of hydrogen-bond acceptors (Lipinski definition) is 3. The third kappa shape index (κ3) is 3.74. The SMILES string of the molecule is CCNCc1cn(CCCSCC)c2ncccc12. The van der Waals surface area contributed by atoms with Crippen LogP contribution in [0, 0.1) is 0 Å². The van der Waals surface area contributed by atoms with Crippen LogP contribution in [0.25, 0.3) is 11.0 Å². The van der Waals surface area contributed by atoms with Crippen molar-refractivity contribution in [3.05, 3.63) is 30.1 Å². The molecule has 0 radical (unpaired) electrons. The number of fused-ring (bicyclic) bond motifs is 1. The topological polar surface area (TPSA) is 29.9 Å². The average molecular weight is 277 g/mol. The summed E-state index contributed by atoms with van der Waals surface area (Å²) in [5.74, 6) is 2.43. The quantitative estimate of drug-likeness (QED) is 0.751. The third-order valence-electron chi connectivity index (χ3n) is 3.17. The maximum absolute atomic E-state index is 4.54. The number of pyridine rings is 1. The summed E-state index contributed by atoms with van der Waals surface area (Å²) in [6.07, 6.45) is 5.35. The van der Waals surface area contributed by atoms with Crippen LogP contribution in [0.2, 0.25) is 0 Å². The van der Waals surface area contributed by atoms with Gasteiger partial charge in [0.15, 0.2) is 0 Å². The van der Waals surface area contributed by atoms with E-state index in [-0.39, 0.29) is 0 Å². The first kappa shape index (κ1) is 14.4. The van der Waals surface area contributed by atoms with Crippen molar-refractivity contribution in [3.8, 4) is 0 Å². The van der Waals surface area contributed by atoms with Gasteiger partial charge in [-0.15, -0.1) is 0 Å². The molecule has 0 amide bonds. The first-order valence-electron chi connectivity index (χ1n) is 7.08. The Balaban J connectivity index is 2.13. The van der Waals surface area contributed by atoms with E-state index >= 15 is 0 Å². The molecule has 2 heterocycles. The number of aromatic nitrogens is 2. The van der Waals surface area contributed by atoms with Gasteiger partial charge in [0.25, 0.3) is 0 Å². The summed E-state index contributed by atoms with van der Waals surface area (Å²) in [6.45, 7) is 7.34. The highest BCUT2D eigenvalue weighted by Crippen LogP contribution is 2.20. The van der Waals surface area contributed by atoms with E-state index in [4.69, 9.17) is 0 Å². The number of nitrogens with one attached hydrogen (secondary N) is 1. The number of rotatable bonds is 8. The molecule has 0 aliphatic rings. The second-order valence-electron chi connectivity index (χ2n) is 4.55. The molecule has 0 saturated carbocycles. The van der Waals surface area contributed by atoms with Gasteiger partial charge in [-0.1, -0.05) is 13.8 Å². The Morgan fingerprint density at radius 2 is 2.26 bits per heavy atom. The molecule has 2 aromatic heterocycles. The molecule has 0 bridgehead atoms. The second-order valence-corrected chi connectivity index (χ2v) is 5.95. The van der Waals surface area contributed by atoms with Crippen molar-refractivity contribution >= 4 is 22.8 Å². The summed E-state index contributed by atoms with van der Waals surface area (Å²) in [5, 5.41) is 4.69. The summed E-state index contributed by atoms with van der Waals surface area (Å²) in [6, 6.07) is 4.20. The largest absolute Gasteiger partial charge is 0.332 e. The number of nitrogens with zero attached hydrogens (tertiary/aromatic N) is 2. The highest BCUT2D eigenvalue weighted by molar-refractivity contribution is 7.99. The Morgan fingerprint density at radius 1 is 1.37 bits per heavy atom. The van der Waals surface area contributed by atoms with Gasteiger partial charge < -0.3 is 9.88 Å². The molecule has 0 unspecified atom stereocenters. The Morgan fingerprint density at radius 3 is 3.05 bits per heavy atom. The molecule has 104 valence electrons. The molecule has 0 saturated heterocycles. The molecular formula is C15H23N3S. The van der Waals surface area contributed by atoms with Crippen LogP contribution >= 0.6 is 11.8 Å². The van der Waals surface area contributed by atoms with Gasteiger partial charge in [0.05, 0.1) is 0 Å². The van der Waals surface area contributed by atoms with Crippen LogP contribution in [0.1, 0.15) is 25.8 Å². The lowest BCUT2D eigenvalue weighted by Gasteiger charge is -2.03. The Bertz CT molecular complexity index is 507. The molecule has 0 aliphatic heterocycles. The molecule has 2 rings (SSSR count). The summed E-state index contributed by atoms with van der Waals surface area (Å²) in [4.78, 5) is 4.54. The lowest BCUT2D eigenvalue weighted by Crippen LogP contribution is -2.11. The zero-order valence-corrected chi connectivity index (χ0v) is 12.7. The first-order valence-corrected chi connectivity index (χ1v) is 8.23. The smallest absolute Gasteiger partial charge is 0.140 e. The van der Waals surface area contributed by atoms with Crippen LogP contribution in [-0.2, 0) is 13.1 Å². The molecule has 19 heavy (non-hydrogen) atoms. The number of thioether (sulfide) groups is 1. The van der Waals surface area contributed by atoms with Crippen molar-refractivity contribution < 1.29 is 0 Å². The first-order chi connectivity index (χ1) is 9.36. The van der Waals surface area contributed by atoms with Gasteiger partial charge in [0.2, 0.25) is 0 Å². The summed E-state index contributed by atoms with van der Waals surface area (Å²) >= 11 is 2.01. The highest BCUT2D eigenvalue weighted by atomic mass is 32.2. The number of hydrogen-bond donors (Lipinski definition) is 1. The summed E-state index contributed by atoms with van der Waals surface area (Å²) in [5.41, 5.74) is 2.48. The van der Waals surface area contributed by atoms with E-state index in [9.17, 15) is 0 Å². The average Bonchev–Trinajstić information content (AvgIpc) is 2.80. The molecule has 0 spiro atoms. The predicted octanol–water partition coefficient (Wildman–Crippen LogP) is 3.29. The van der Waals surface area contributed by atoms with Crippen molar-refractivity contribution in [1.82, 2.24) is 14.9 Å². The maximum atomic E-state index is 4.54. The minimum Gasteiger partial charge on any atom is -0.332 e. The van der Waals surface area contributed by atoms with E-state index in [0.29, 0.717) is 0 Å². The van der Waals surface area contributed by atoms with Crippen LogP contribution in [0.3, 0.4) is 0 Å². The zero-order chi connectivity index (χ0) is 13.5. The fraction of sp³-hybridized carbons (Fsp3) is 0.533. The Labute approximate surface area is 119 Å². The van der Waals surface area contributed by atoms with Crippen LogP contribution in [0.5, 0.6) is 0 Å². The van der Waals surface area contributed by atoms with Crippen LogP contribution in [0.15, 0.2) is 24.5 Å². The van der Waals surface area contributed by atoms with Gasteiger partial charge in [-0.2, -0.15) is 11.8 Å². The monoisotopic (exact) mass is 277 g/mol. The van der Waals surface area contributed by atoms with Crippen LogP contribution in [-0.4, -0.2) is 27.6 Å². The molecule has 0 fully saturated rings. The Hall–Kier alpha value is -1.00. The molecule has 3 nitrogen and oxygen atoms in total. The molecule has 4 heteroatoms. The van der Waals surface area contributed by atoms with Crippen molar-refractivity contribution in [2.45, 2.75) is 33.4 Å². The second kappa shape index (κ2) is 7.56.